The average molecular weight is 493 g/mol. The zero-order chi connectivity index (χ0) is 25.0. The summed E-state index contributed by atoms with van der Waals surface area (Å²) in [6.07, 6.45) is -0.717. The van der Waals surface area contributed by atoms with Crippen molar-refractivity contribution in [1.82, 2.24) is 37.2 Å². The molecule has 0 aromatic rings. The van der Waals surface area contributed by atoms with Gasteiger partial charge in [0.25, 0.3) is 0 Å². The summed E-state index contributed by atoms with van der Waals surface area (Å²) in [5.41, 5.74) is 5.11. The van der Waals surface area contributed by atoms with Gasteiger partial charge in [-0.15, -0.1) is 11.8 Å². The van der Waals surface area contributed by atoms with Crippen LogP contribution in [0, 0.1) is 0 Å². The maximum Gasteiger partial charge on any atom is 0.322 e. The van der Waals surface area contributed by atoms with E-state index in [1.807, 2.05) is 20.8 Å². The number of amides is 2. The number of carbonyl (C=O) groups is 4. The Morgan fingerprint density at radius 3 is 2.33 bits per heavy atom. The van der Waals surface area contributed by atoms with Crippen LogP contribution >= 0.6 is 11.8 Å². The third kappa shape index (κ3) is 12.1. The minimum Gasteiger partial charge on any atom is -0.480 e. The number of nitrogens with one attached hydrogen (secondary N) is 7. The molecule has 1 fully saturated rings. The topological polar surface area (TPSA) is 219 Å². The Kier molecular flexibility index (Phi) is 13.2. The second kappa shape index (κ2) is 15.0. The maximum atomic E-state index is 12.5. The Labute approximate surface area is 196 Å². The lowest BCUT2D eigenvalue weighted by Gasteiger charge is -2.40. The molecule has 0 aromatic heterocycles. The molecule has 0 aromatic carbocycles. The van der Waals surface area contributed by atoms with E-state index in [9.17, 15) is 19.2 Å². The molecule has 190 valence electrons. The second-order valence-electron chi connectivity index (χ2n) is 7.67. The summed E-state index contributed by atoms with van der Waals surface area (Å²) < 4.78 is 0. The molecule has 1 rings (SSSR count). The van der Waals surface area contributed by atoms with Gasteiger partial charge in [-0.05, 0) is 26.8 Å². The molecule has 15 heteroatoms. The van der Waals surface area contributed by atoms with Crippen molar-refractivity contribution in [2.45, 2.75) is 69.8 Å². The number of rotatable bonds is 15. The number of aliphatic carboxylic acids is 2. The lowest BCUT2D eigenvalue weighted by molar-refractivity contribution is -0.139. The van der Waals surface area contributed by atoms with Gasteiger partial charge in [0.15, 0.2) is 0 Å². The van der Waals surface area contributed by atoms with Crippen molar-refractivity contribution in [1.29, 1.82) is 0 Å². The summed E-state index contributed by atoms with van der Waals surface area (Å²) in [6, 6.07) is -2.02. The van der Waals surface area contributed by atoms with Crippen molar-refractivity contribution >= 4 is 35.5 Å². The molecular formula is C18H36N8O6S. The Balaban J connectivity index is 2.75. The number of carbonyl (C=O) groups excluding carboxylic acids is 2. The van der Waals surface area contributed by atoms with Crippen LogP contribution < -0.4 is 43.0 Å². The van der Waals surface area contributed by atoms with Gasteiger partial charge in [0, 0.05) is 18.2 Å². The molecule has 1 aliphatic heterocycles. The van der Waals surface area contributed by atoms with E-state index in [1.54, 1.807) is 0 Å². The highest BCUT2D eigenvalue weighted by molar-refractivity contribution is 7.99. The molecule has 11 N–H and O–H groups in total. The summed E-state index contributed by atoms with van der Waals surface area (Å²) in [5.74, 6) is -3.53. The van der Waals surface area contributed by atoms with E-state index < -0.39 is 42.4 Å². The van der Waals surface area contributed by atoms with Crippen LogP contribution in [0.2, 0.25) is 0 Å². The molecule has 0 spiro atoms. The first-order valence-electron chi connectivity index (χ1n) is 10.7. The molecule has 2 amide bonds. The van der Waals surface area contributed by atoms with Gasteiger partial charge in [-0.3, -0.25) is 45.8 Å². The van der Waals surface area contributed by atoms with E-state index in [-0.39, 0.29) is 42.7 Å². The molecule has 14 nitrogen and oxygen atoms in total. The van der Waals surface area contributed by atoms with E-state index in [4.69, 9.17) is 15.9 Å². The van der Waals surface area contributed by atoms with Gasteiger partial charge in [-0.2, -0.15) is 0 Å². The normalized spacial score (nSPS) is 22.4. The van der Waals surface area contributed by atoms with E-state index >= 15 is 0 Å². The first kappa shape index (κ1) is 29.0. The van der Waals surface area contributed by atoms with Gasteiger partial charge in [0.05, 0.1) is 0 Å². The van der Waals surface area contributed by atoms with E-state index in [1.165, 1.54) is 11.8 Å². The van der Waals surface area contributed by atoms with Crippen LogP contribution in [0.1, 0.15) is 33.6 Å². The fourth-order valence-electron chi connectivity index (χ4n) is 2.80. The van der Waals surface area contributed by atoms with Crippen LogP contribution in [-0.2, 0) is 19.2 Å². The molecule has 33 heavy (non-hydrogen) atoms. The summed E-state index contributed by atoms with van der Waals surface area (Å²) in [5, 5.41) is 38.9. The average Bonchev–Trinajstić information content (AvgIpc) is 2.72. The molecule has 2 unspecified atom stereocenters. The maximum absolute atomic E-state index is 12.5. The molecular weight excluding hydrogens is 456 g/mol. The first-order chi connectivity index (χ1) is 15.5. The number of hydrogen-bond donors (Lipinski definition) is 10. The van der Waals surface area contributed by atoms with Crippen molar-refractivity contribution < 1.29 is 29.4 Å². The fraction of sp³-hybridized carbons (Fsp3) is 0.778. The largest absolute Gasteiger partial charge is 0.480 e. The lowest BCUT2D eigenvalue weighted by Crippen LogP contribution is -2.74. The molecule has 1 aliphatic rings. The number of carboxylic acid groups (broad SMARTS) is 2. The van der Waals surface area contributed by atoms with Gasteiger partial charge >= 0.3 is 11.9 Å². The van der Waals surface area contributed by atoms with Gasteiger partial charge in [0.1, 0.15) is 36.7 Å². The second-order valence-corrected chi connectivity index (χ2v) is 8.81. The van der Waals surface area contributed by atoms with E-state index in [0.717, 1.165) is 0 Å². The lowest BCUT2D eigenvalue weighted by atomic mass is 10.1. The van der Waals surface area contributed by atoms with Gasteiger partial charge in [0.2, 0.25) is 11.8 Å². The summed E-state index contributed by atoms with van der Waals surface area (Å²) >= 11 is 1.32. The molecule has 0 radical (unpaired) electrons. The molecule has 0 bridgehead atoms. The van der Waals surface area contributed by atoms with Crippen LogP contribution in [0.5, 0.6) is 0 Å². The molecule has 5 atom stereocenters. The highest BCUT2D eigenvalue weighted by Crippen LogP contribution is 2.12. The molecule has 0 saturated carbocycles. The Bertz CT molecular complexity index is 670. The van der Waals surface area contributed by atoms with Crippen molar-refractivity contribution in [2.75, 3.05) is 18.8 Å². The SMILES string of the molecule is CCNC1NC(NC(C)C)N[C@@H](SC[C@H](NC(=O)CC[C@H](N)C(=O)O)C(=O)NCC(=O)O)N1. The first-order valence-corrected chi connectivity index (χ1v) is 11.7. The number of nitrogens with two attached hydrogens (primary N) is 1. The van der Waals surface area contributed by atoms with Crippen molar-refractivity contribution in [3.63, 3.8) is 0 Å². The Hall–Kier alpha value is -2.01. The number of hydrogen-bond acceptors (Lipinski definition) is 11. The van der Waals surface area contributed by atoms with Crippen molar-refractivity contribution in [2.24, 2.45) is 5.73 Å². The van der Waals surface area contributed by atoms with E-state index in [2.05, 4.69) is 37.2 Å². The van der Waals surface area contributed by atoms with Crippen LogP contribution in [0.15, 0.2) is 0 Å². The smallest absolute Gasteiger partial charge is 0.322 e. The highest BCUT2D eigenvalue weighted by Gasteiger charge is 2.29. The van der Waals surface area contributed by atoms with E-state index in [0.29, 0.717) is 6.54 Å². The number of thioether (sulfide) groups is 1. The quantitative estimate of drug-likeness (QED) is 0.109. The van der Waals surface area contributed by atoms with Crippen LogP contribution in [0.3, 0.4) is 0 Å². The predicted octanol–water partition coefficient (Wildman–Crippen LogP) is -3.16. The monoisotopic (exact) mass is 492 g/mol. The summed E-state index contributed by atoms with van der Waals surface area (Å²) in [4.78, 5) is 46.4. The van der Waals surface area contributed by atoms with Gasteiger partial charge < -0.3 is 26.6 Å². The zero-order valence-electron chi connectivity index (χ0n) is 19.0. The zero-order valence-corrected chi connectivity index (χ0v) is 19.8. The predicted molar refractivity (Wildman–Crippen MR) is 123 cm³/mol. The standard InChI is InChI=1S/C18H36N8O6S/c1-4-20-16-24-17(22-9(2)3)26-18(25-16)33-8-11(14(30)21-7-13(28)29)23-12(27)6-5-10(19)15(31)32/h9-11,16-18,20,22,24-26H,4-8,19H2,1-3H3,(H,21,30)(H,23,27)(H,28,29)(H,31,32)/t10-,11-,16?,17?,18-/m0/s1. The number of carboxylic acids is 2. The minimum atomic E-state index is -1.23. The minimum absolute atomic E-state index is 0.0951. The third-order valence-electron chi connectivity index (χ3n) is 4.37. The van der Waals surface area contributed by atoms with Crippen LogP contribution in [-0.4, -0.2) is 89.0 Å². The van der Waals surface area contributed by atoms with Crippen molar-refractivity contribution in [3.8, 4) is 0 Å². The highest BCUT2D eigenvalue weighted by atomic mass is 32.2. The van der Waals surface area contributed by atoms with Crippen LogP contribution in [0.25, 0.3) is 0 Å². The summed E-state index contributed by atoms with van der Waals surface area (Å²) in [7, 11) is 0. The fourth-order valence-corrected chi connectivity index (χ4v) is 3.88. The van der Waals surface area contributed by atoms with Gasteiger partial charge in [-0.25, -0.2) is 0 Å². The molecule has 0 aliphatic carbocycles. The third-order valence-corrected chi connectivity index (χ3v) is 5.50. The summed E-state index contributed by atoms with van der Waals surface area (Å²) in [6.45, 7) is 6.10. The van der Waals surface area contributed by atoms with Gasteiger partial charge in [-0.1, -0.05) is 6.92 Å². The Morgan fingerprint density at radius 2 is 1.76 bits per heavy atom. The van der Waals surface area contributed by atoms with Crippen molar-refractivity contribution in [3.05, 3.63) is 0 Å². The molecule has 1 heterocycles. The molecule has 1 saturated heterocycles. The van der Waals surface area contributed by atoms with Crippen LogP contribution in [0.4, 0.5) is 0 Å². The Morgan fingerprint density at radius 1 is 1.09 bits per heavy atom.